The third-order valence-corrected chi connectivity index (χ3v) is 1.74. The quantitative estimate of drug-likeness (QED) is 0.535. The first-order chi connectivity index (χ1) is 7.13. The first-order valence-electron chi connectivity index (χ1n) is 4.76. The molecular weight excluding hydrogens is 198 g/mol. The van der Waals surface area contributed by atoms with E-state index in [9.17, 15) is 9.59 Å². The van der Waals surface area contributed by atoms with E-state index in [2.05, 4.69) is 16.6 Å². The van der Waals surface area contributed by atoms with Gasteiger partial charge in [-0.25, -0.2) is 4.79 Å². The average Bonchev–Trinajstić information content (AvgIpc) is 2.24. The van der Waals surface area contributed by atoms with Gasteiger partial charge in [0.1, 0.15) is 0 Å². The summed E-state index contributed by atoms with van der Waals surface area (Å²) < 4.78 is 9.17. The van der Waals surface area contributed by atoms with Crippen LogP contribution in [0.2, 0.25) is 0 Å². The van der Waals surface area contributed by atoms with Gasteiger partial charge < -0.3 is 14.8 Å². The number of hydrogen-bond donors (Lipinski definition) is 1. The Kier molecular flexibility index (Phi) is 7.05. The van der Waals surface area contributed by atoms with Crippen LogP contribution >= 0.6 is 0 Å². The van der Waals surface area contributed by atoms with Gasteiger partial charge in [-0.05, 0) is 13.3 Å². The molecule has 0 radical (unpaired) electrons. The summed E-state index contributed by atoms with van der Waals surface area (Å²) in [5.74, 6) is -0.281. The van der Waals surface area contributed by atoms with Crippen molar-refractivity contribution >= 4 is 12.1 Å². The summed E-state index contributed by atoms with van der Waals surface area (Å²) in [4.78, 5) is 21.9. The molecule has 5 nitrogen and oxygen atoms in total. The molecule has 1 amide bonds. The zero-order valence-corrected chi connectivity index (χ0v) is 9.12. The van der Waals surface area contributed by atoms with E-state index in [-0.39, 0.29) is 18.4 Å². The molecule has 5 heteroatoms. The van der Waals surface area contributed by atoms with Gasteiger partial charge in [0.05, 0.1) is 19.8 Å². The van der Waals surface area contributed by atoms with Crippen molar-refractivity contribution in [3.05, 3.63) is 12.7 Å². The van der Waals surface area contributed by atoms with Gasteiger partial charge in [-0.3, -0.25) is 4.79 Å². The molecule has 0 heterocycles. The maximum atomic E-state index is 11.0. The molecule has 86 valence electrons. The van der Waals surface area contributed by atoms with Crippen molar-refractivity contribution in [2.45, 2.75) is 25.8 Å². The van der Waals surface area contributed by atoms with E-state index in [0.717, 1.165) is 0 Å². The van der Waals surface area contributed by atoms with Gasteiger partial charge in [0.25, 0.3) is 0 Å². The number of rotatable bonds is 6. The van der Waals surface area contributed by atoms with Gasteiger partial charge in [-0.1, -0.05) is 6.08 Å². The molecule has 0 aromatic carbocycles. The molecule has 0 aromatic heterocycles. The molecule has 0 fully saturated rings. The highest BCUT2D eigenvalue weighted by molar-refractivity contribution is 5.70. The second-order valence-electron chi connectivity index (χ2n) is 2.82. The molecule has 0 saturated heterocycles. The minimum atomic E-state index is -0.538. The van der Waals surface area contributed by atoms with Crippen LogP contribution in [0.15, 0.2) is 12.7 Å². The molecule has 0 rings (SSSR count). The van der Waals surface area contributed by atoms with Crippen molar-refractivity contribution in [2.75, 3.05) is 13.7 Å². The minimum absolute atomic E-state index is 0.245. The van der Waals surface area contributed by atoms with Crippen LogP contribution in [-0.4, -0.2) is 31.8 Å². The Balaban J connectivity index is 3.84. The van der Waals surface area contributed by atoms with Crippen molar-refractivity contribution in [2.24, 2.45) is 0 Å². The molecule has 0 aliphatic rings. The Labute approximate surface area is 89.4 Å². The van der Waals surface area contributed by atoms with E-state index in [0.29, 0.717) is 13.0 Å². The van der Waals surface area contributed by atoms with Gasteiger partial charge in [0, 0.05) is 6.42 Å². The zero-order chi connectivity index (χ0) is 11.7. The highest BCUT2D eigenvalue weighted by Gasteiger charge is 2.11. The lowest BCUT2D eigenvalue weighted by molar-refractivity contribution is -0.143. The van der Waals surface area contributed by atoms with E-state index >= 15 is 0 Å². The SMILES string of the molecule is C=CC(CCC(=O)OCC)NC(=O)OC. The lowest BCUT2D eigenvalue weighted by atomic mass is 10.1. The van der Waals surface area contributed by atoms with Crippen LogP contribution in [0.4, 0.5) is 4.79 Å². The molecule has 1 N–H and O–H groups in total. The highest BCUT2D eigenvalue weighted by Crippen LogP contribution is 2.00. The van der Waals surface area contributed by atoms with Crippen LogP contribution in [0.1, 0.15) is 19.8 Å². The molecule has 0 spiro atoms. The summed E-state index contributed by atoms with van der Waals surface area (Å²) in [6.07, 6.45) is 1.71. The average molecular weight is 215 g/mol. The second-order valence-corrected chi connectivity index (χ2v) is 2.82. The van der Waals surface area contributed by atoms with Crippen LogP contribution in [0.5, 0.6) is 0 Å². The predicted molar refractivity (Wildman–Crippen MR) is 55.4 cm³/mol. The number of alkyl carbamates (subject to hydrolysis) is 1. The van der Waals surface area contributed by atoms with Crippen molar-refractivity contribution in [1.29, 1.82) is 0 Å². The van der Waals surface area contributed by atoms with Gasteiger partial charge in [-0.2, -0.15) is 0 Å². The second kappa shape index (κ2) is 7.84. The number of carbonyl (C=O) groups excluding carboxylic acids is 2. The molecule has 0 aromatic rings. The number of amides is 1. The van der Waals surface area contributed by atoms with Crippen molar-refractivity contribution < 1.29 is 19.1 Å². The number of esters is 1. The number of carbonyl (C=O) groups is 2. The lowest BCUT2D eigenvalue weighted by Gasteiger charge is -2.12. The largest absolute Gasteiger partial charge is 0.466 e. The maximum Gasteiger partial charge on any atom is 0.407 e. The van der Waals surface area contributed by atoms with Crippen molar-refractivity contribution in [3.63, 3.8) is 0 Å². The monoisotopic (exact) mass is 215 g/mol. The molecule has 15 heavy (non-hydrogen) atoms. The number of hydrogen-bond acceptors (Lipinski definition) is 4. The fraction of sp³-hybridized carbons (Fsp3) is 0.600. The molecule has 0 bridgehead atoms. The van der Waals surface area contributed by atoms with Gasteiger partial charge in [0.15, 0.2) is 0 Å². The molecule has 1 unspecified atom stereocenters. The Bertz CT molecular complexity index is 227. The summed E-state index contributed by atoms with van der Waals surface area (Å²) in [6, 6.07) is -0.276. The Morgan fingerprint density at radius 3 is 2.67 bits per heavy atom. The van der Waals surface area contributed by atoms with E-state index in [4.69, 9.17) is 4.74 Å². The lowest BCUT2D eigenvalue weighted by Crippen LogP contribution is -2.33. The topological polar surface area (TPSA) is 64.6 Å². The molecule has 1 atom stereocenters. The van der Waals surface area contributed by atoms with Gasteiger partial charge in [0.2, 0.25) is 0 Å². The van der Waals surface area contributed by atoms with E-state index in [1.807, 2.05) is 0 Å². The Morgan fingerprint density at radius 1 is 1.53 bits per heavy atom. The zero-order valence-electron chi connectivity index (χ0n) is 9.12. The van der Waals surface area contributed by atoms with E-state index in [1.54, 1.807) is 13.0 Å². The van der Waals surface area contributed by atoms with Crippen molar-refractivity contribution in [3.8, 4) is 0 Å². The number of nitrogens with one attached hydrogen (secondary N) is 1. The van der Waals surface area contributed by atoms with Crippen molar-refractivity contribution in [1.82, 2.24) is 5.32 Å². The number of ether oxygens (including phenoxy) is 2. The third kappa shape index (κ3) is 6.54. The third-order valence-electron chi connectivity index (χ3n) is 1.74. The summed E-state index contributed by atoms with van der Waals surface area (Å²) in [6.45, 7) is 5.66. The number of methoxy groups -OCH3 is 1. The fourth-order valence-corrected chi connectivity index (χ4v) is 0.966. The minimum Gasteiger partial charge on any atom is -0.466 e. The normalized spacial score (nSPS) is 11.3. The maximum absolute atomic E-state index is 11.0. The molecule has 0 aliphatic carbocycles. The standard InChI is InChI=1S/C10H17NO4/c1-4-8(11-10(13)14-3)6-7-9(12)15-5-2/h4,8H,1,5-7H2,2-3H3,(H,11,13). The highest BCUT2D eigenvalue weighted by atomic mass is 16.5. The Morgan fingerprint density at radius 2 is 2.20 bits per heavy atom. The van der Waals surface area contributed by atoms with Gasteiger partial charge in [-0.15, -0.1) is 6.58 Å². The van der Waals surface area contributed by atoms with E-state index in [1.165, 1.54) is 7.11 Å². The smallest absolute Gasteiger partial charge is 0.407 e. The summed E-state index contributed by atoms with van der Waals surface area (Å²) >= 11 is 0. The predicted octanol–water partition coefficient (Wildman–Crippen LogP) is 1.24. The van der Waals surface area contributed by atoms with Crippen LogP contribution in [-0.2, 0) is 14.3 Å². The fourth-order valence-electron chi connectivity index (χ4n) is 0.966. The van der Waals surface area contributed by atoms with Crippen LogP contribution in [0.3, 0.4) is 0 Å². The first-order valence-corrected chi connectivity index (χ1v) is 4.76. The van der Waals surface area contributed by atoms with Crippen LogP contribution in [0, 0.1) is 0 Å². The summed E-state index contributed by atoms with van der Waals surface area (Å²) in [7, 11) is 1.28. The Hall–Kier alpha value is -1.52. The molecule has 0 saturated carbocycles. The molecule has 0 aliphatic heterocycles. The summed E-state index contributed by atoms with van der Waals surface area (Å²) in [5.41, 5.74) is 0. The molecular formula is C10H17NO4. The summed E-state index contributed by atoms with van der Waals surface area (Å²) in [5, 5.41) is 2.53. The van der Waals surface area contributed by atoms with Crippen LogP contribution < -0.4 is 5.32 Å². The first kappa shape index (κ1) is 13.5. The van der Waals surface area contributed by atoms with Gasteiger partial charge >= 0.3 is 12.1 Å². The van der Waals surface area contributed by atoms with E-state index < -0.39 is 6.09 Å². The van der Waals surface area contributed by atoms with Crippen LogP contribution in [0.25, 0.3) is 0 Å².